The van der Waals surface area contributed by atoms with Gasteiger partial charge in [0.1, 0.15) is 6.61 Å². The van der Waals surface area contributed by atoms with E-state index in [1.54, 1.807) is 0 Å². The highest BCUT2D eigenvalue weighted by Gasteiger charge is 2.52. The maximum Gasteiger partial charge on any atom is 0.407 e. The molecule has 2 aliphatic carbocycles. The van der Waals surface area contributed by atoms with Gasteiger partial charge >= 0.3 is 12.1 Å². The van der Waals surface area contributed by atoms with Crippen LogP contribution in [0, 0.1) is 11.3 Å². The van der Waals surface area contributed by atoms with Crippen LogP contribution in [0.2, 0.25) is 0 Å². The molecule has 3 aliphatic rings. The Hall–Kier alpha value is -3.35. The van der Waals surface area contributed by atoms with Gasteiger partial charge in [0.15, 0.2) is 0 Å². The molecular weight excluding hydrogens is 444 g/mol. The average Bonchev–Trinajstić information content (AvgIpc) is 3.61. The van der Waals surface area contributed by atoms with Crippen LogP contribution in [0.15, 0.2) is 48.5 Å². The molecule has 1 saturated carbocycles. The molecule has 0 spiro atoms. The Morgan fingerprint density at radius 3 is 2.31 bits per heavy atom. The number of ether oxygens (including phenoxy) is 1. The number of benzene rings is 2. The van der Waals surface area contributed by atoms with E-state index < -0.39 is 17.5 Å². The van der Waals surface area contributed by atoms with Crippen LogP contribution < -0.4 is 5.32 Å². The number of aliphatic carboxylic acids is 1. The molecule has 1 atom stereocenters. The van der Waals surface area contributed by atoms with Crippen LogP contribution in [0.3, 0.4) is 0 Å². The number of amides is 2. The molecule has 35 heavy (non-hydrogen) atoms. The predicted molar refractivity (Wildman–Crippen MR) is 131 cm³/mol. The van der Waals surface area contributed by atoms with Gasteiger partial charge in [-0.3, -0.25) is 9.59 Å². The van der Waals surface area contributed by atoms with Crippen molar-refractivity contribution < 1.29 is 24.2 Å². The minimum atomic E-state index is -0.792. The van der Waals surface area contributed by atoms with E-state index in [9.17, 15) is 14.4 Å². The van der Waals surface area contributed by atoms with Crippen LogP contribution in [0.4, 0.5) is 4.79 Å². The van der Waals surface area contributed by atoms with Crippen molar-refractivity contribution in [2.24, 2.45) is 11.3 Å². The second kappa shape index (κ2) is 9.72. The molecule has 2 N–H and O–H groups in total. The van der Waals surface area contributed by atoms with Crippen LogP contribution >= 0.6 is 0 Å². The minimum absolute atomic E-state index is 0.000697. The van der Waals surface area contributed by atoms with Gasteiger partial charge in [-0.25, -0.2) is 4.79 Å². The molecule has 0 aromatic heterocycles. The summed E-state index contributed by atoms with van der Waals surface area (Å²) in [6, 6.07) is 16.4. The fourth-order valence-corrected chi connectivity index (χ4v) is 5.66. The second-order valence-electron chi connectivity index (χ2n) is 10.2. The SMILES string of the molecule is O=C(O)CCC1CCCN(C(=O)C2(CNC(=O)OCC3c4ccccc4-c4ccccc43)CC2)C1. The van der Waals surface area contributed by atoms with E-state index in [0.717, 1.165) is 36.8 Å². The molecule has 1 aliphatic heterocycles. The number of carbonyl (C=O) groups is 3. The molecule has 7 heteroatoms. The lowest BCUT2D eigenvalue weighted by Gasteiger charge is -2.35. The Morgan fingerprint density at radius 1 is 1.03 bits per heavy atom. The van der Waals surface area contributed by atoms with Crippen molar-refractivity contribution >= 4 is 18.0 Å². The summed E-state index contributed by atoms with van der Waals surface area (Å²) in [5, 5.41) is 11.8. The first-order valence-electron chi connectivity index (χ1n) is 12.6. The molecule has 5 rings (SSSR count). The summed E-state index contributed by atoms with van der Waals surface area (Å²) in [4.78, 5) is 38.6. The number of carboxylic acids is 1. The normalized spacial score (nSPS) is 20.0. The Balaban J connectivity index is 1.14. The van der Waals surface area contributed by atoms with Gasteiger partial charge in [0, 0.05) is 32.0 Å². The van der Waals surface area contributed by atoms with Crippen LogP contribution in [0.5, 0.6) is 0 Å². The van der Waals surface area contributed by atoms with Gasteiger partial charge in [0.2, 0.25) is 5.91 Å². The Labute approximate surface area is 205 Å². The van der Waals surface area contributed by atoms with Gasteiger partial charge < -0.3 is 20.1 Å². The van der Waals surface area contributed by atoms with Crippen LogP contribution in [0.1, 0.15) is 55.6 Å². The van der Waals surface area contributed by atoms with E-state index >= 15 is 0 Å². The van der Waals surface area contributed by atoms with E-state index in [1.165, 1.54) is 11.1 Å². The first kappa shape index (κ1) is 23.4. The Bertz CT molecular complexity index is 1080. The molecule has 2 fully saturated rings. The summed E-state index contributed by atoms with van der Waals surface area (Å²) in [7, 11) is 0. The number of nitrogens with one attached hydrogen (secondary N) is 1. The van der Waals surface area contributed by atoms with Gasteiger partial charge in [-0.1, -0.05) is 48.5 Å². The average molecular weight is 477 g/mol. The van der Waals surface area contributed by atoms with E-state index in [2.05, 4.69) is 29.6 Å². The van der Waals surface area contributed by atoms with Gasteiger partial charge in [0.25, 0.3) is 0 Å². The first-order chi connectivity index (χ1) is 17.0. The molecular formula is C28H32N2O5. The number of nitrogens with zero attached hydrogens (tertiary/aromatic N) is 1. The Morgan fingerprint density at radius 2 is 1.69 bits per heavy atom. The van der Waals surface area contributed by atoms with Crippen molar-refractivity contribution in [2.75, 3.05) is 26.2 Å². The largest absolute Gasteiger partial charge is 0.481 e. The summed E-state index contributed by atoms with van der Waals surface area (Å²) in [6.07, 6.45) is 3.61. The predicted octanol–water partition coefficient (Wildman–Crippen LogP) is 4.41. The van der Waals surface area contributed by atoms with Gasteiger partial charge in [-0.15, -0.1) is 0 Å². The maximum atomic E-state index is 13.2. The molecule has 1 heterocycles. The van der Waals surface area contributed by atoms with Gasteiger partial charge in [-0.2, -0.15) is 0 Å². The lowest BCUT2D eigenvalue weighted by molar-refractivity contribution is -0.139. The van der Waals surface area contributed by atoms with E-state index in [0.29, 0.717) is 19.5 Å². The number of carbonyl (C=O) groups excluding carboxylic acids is 2. The van der Waals surface area contributed by atoms with Crippen molar-refractivity contribution in [1.82, 2.24) is 10.2 Å². The lowest BCUT2D eigenvalue weighted by Crippen LogP contribution is -2.47. The number of carboxylic acid groups (broad SMARTS) is 1. The fourth-order valence-electron chi connectivity index (χ4n) is 5.66. The molecule has 2 amide bonds. The van der Waals surface area contributed by atoms with Crippen molar-refractivity contribution in [3.05, 3.63) is 59.7 Å². The highest BCUT2D eigenvalue weighted by molar-refractivity contribution is 5.86. The number of alkyl carbamates (subject to hydrolysis) is 1. The van der Waals surface area contributed by atoms with Crippen LogP contribution in [-0.4, -0.2) is 54.2 Å². The molecule has 2 aromatic carbocycles. The maximum absolute atomic E-state index is 13.2. The molecule has 1 unspecified atom stereocenters. The number of likely N-dealkylation sites (tertiary alicyclic amines) is 1. The molecule has 7 nitrogen and oxygen atoms in total. The lowest BCUT2D eigenvalue weighted by atomic mass is 9.92. The van der Waals surface area contributed by atoms with Crippen molar-refractivity contribution in [3.63, 3.8) is 0 Å². The van der Waals surface area contributed by atoms with E-state index in [-0.39, 0.29) is 37.3 Å². The Kier molecular flexibility index (Phi) is 6.50. The summed E-state index contributed by atoms with van der Waals surface area (Å²) in [6.45, 7) is 1.84. The standard InChI is InChI=1S/C28H32N2O5/c31-25(32)12-11-19-6-5-15-30(16-19)26(33)28(13-14-28)18-29-27(34)35-17-24-22-9-3-1-7-20(22)21-8-2-4-10-23(21)24/h1-4,7-10,19,24H,5-6,11-18H2,(H,29,34)(H,31,32). The molecule has 0 radical (unpaired) electrons. The molecule has 0 bridgehead atoms. The van der Waals surface area contributed by atoms with E-state index in [1.807, 2.05) is 29.2 Å². The zero-order chi connectivity index (χ0) is 24.4. The fraction of sp³-hybridized carbons (Fsp3) is 0.464. The second-order valence-corrected chi connectivity index (χ2v) is 10.2. The van der Waals surface area contributed by atoms with E-state index in [4.69, 9.17) is 9.84 Å². The van der Waals surface area contributed by atoms with Crippen molar-refractivity contribution in [1.29, 1.82) is 0 Å². The molecule has 184 valence electrons. The number of piperidine rings is 1. The third-order valence-corrected chi connectivity index (χ3v) is 7.79. The number of hydrogen-bond acceptors (Lipinski definition) is 4. The first-order valence-corrected chi connectivity index (χ1v) is 12.6. The topological polar surface area (TPSA) is 95.9 Å². The van der Waals surface area contributed by atoms with Gasteiger partial charge in [0.05, 0.1) is 5.41 Å². The molecule has 2 aromatic rings. The summed E-state index contributed by atoms with van der Waals surface area (Å²) in [5.41, 5.74) is 4.15. The summed E-state index contributed by atoms with van der Waals surface area (Å²) < 4.78 is 5.63. The number of rotatable bonds is 8. The monoisotopic (exact) mass is 476 g/mol. The van der Waals surface area contributed by atoms with Crippen LogP contribution in [0.25, 0.3) is 11.1 Å². The highest BCUT2D eigenvalue weighted by Crippen LogP contribution is 2.47. The van der Waals surface area contributed by atoms with Crippen molar-refractivity contribution in [3.8, 4) is 11.1 Å². The third-order valence-electron chi connectivity index (χ3n) is 7.79. The number of hydrogen-bond donors (Lipinski definition) is 2. The van der Waals surface area contributed by atoms with Crippen LogP contribution in [-0.2, 0) is 14.3 Å². The van der Waals surface area contributed by atoms with Crippen molar-refractivity contribution in [2.45, 2.75) is 44.4 Å². The summed E-state index contributed by atoms with van der Waals surface area (Å²) >= 11 is 0. The zero-order valence-electron chi connectivity index (χ0n) is 19.9. The van der Waals surface area contributed by atoms with Gasteiger partial charge in [-0.05, 0) is 60.3 Å². The highest BCUT2D eigenvalue weighted by atomic mass is 16.5. The smallest absolute Gasteiger partial charge is 0.407 e. The minimum Gasteiger partial charge on any atom is -0.481 e. The third kappa shape index (κ3) is 4.90. The quantitative estimate of drug-likeness (QED) is 0.588. The summed E-state index contributed by atoms with van der Waals surface area (Å²) in [5.74, 6) is -0.480. The zero-order valence-corrected chi connectivity index (χ0v) is 19.9. The molecule has 1 saturated heterocycles. The number of fused-ring (bicyclic) bond motifs is 3.